The molecule has 4 rings (SSSR count). The van der Waals surface area contributed by atoms with Crippen LogP contribution < -0.4 is 4.72 Å². The predicted molar refractivity (Wildman–Crippen MR) is 119 cm³/mol. The van der Waals surface area contributed by atoms with E-state index in [9.17, 15) is 18.0 Å². The maximum absolute atomic E-state index is 13.4. The van der Waals surface area contributed by atoms with E-state index in [1.807, 2.05) is 12.1 Å². The second-order valence-electron chi connectivity index (χ2n) is 8.39. The van der Waals surface area contributed by atoms with E-state index in [1.54, 1.807) is 37.3 Å². The molecule has 2 aromatic rings. The summed E-state index contributed by atoms with van der Waals surface area (Å²) in [7, 11) is -3.95. The molecule has 2 amide bonds. The van der Waals surface area contributed by atoms with Crippen LogP contribution in [0.15, 0.2) is 48.5 Å². The summed E-state index contributed by atoms with van der Waals surface area (Å²) in [6.45, 7) is 2.02. The van der Waals surface area contributed by atoms with Gasteiger partial charge in [-0.05, 0) is 61.6 Å². The van der Waals surface area contributed by atoms with Gasteiger partial charge in [-0.2, -0.15) is 0 Å². The molecule has 1 atom stereocenters. The molecule has 9 heteroatoms. The summed E-state index contributed by atoms with van der Waals surface area (Å²) in [5.74, 6) is -1.22. The van der Waals surface area contributed by atoms with Crippen LogP contribution in [0.2, 0.25) is 10.0 Å². The predicted octanol–water partition coefficient (Wildman–Crippen LogP) is 3.66. The molecule has 2 aromatic carbocycles. The van der Waals surface area contributed by atoms with Crippen LogP contribution in [0.3, 0.4) is 0 Å². The number of amides is 2. The number of nitrogens with one attached hydrogen (secondary N) is 1. The van der Waals surface area contributed by atoms with Crippen LogP contribution in [0.5, 0.6) is 0 Å². The summed E-state index contributed by atoms with van der Waals surface area (Å²) in [4.78, 5) is 27.8. The Bertz CT molecular complexity index is 1150. The van der Waals surface area contributed by atoms with Crippen molar-refractivity contribution in [3.63, 3.8) is 0 Å². The van der Waals surface area contributed by atoms with Gasteiger partial charge in [0, 0.05) is 16.6 Å². The van der Waals surface area contributed by atoms with Gasteiger partial charge in [-0.15, -0.1) is 0 Å². The first-order valence-electron chi connectivity index (χ1n) is 9.93. The maximum atomic E-state index is 13.4. The van der Waals surface area contributed by atoms with E-state index in [0.717, 1.165) is 5.56 Å². The average molecular weight is 481 g/mol. The van der Waals surface area contributed by atoms with E-state index >= 15 is 0 Å². The van der Waals surface area contributed by atoms with Crippen LogP contribution in [-0.2, 0) is 30.8 Å². The zero-order valence-corrected chi connectivity index (χ0v) is 19.2. The highest BCUT2D eigenvalue weighted by Crippen LogP contribution is 2.52. The third-order valence-corrected chi connectivity index (χ3v) is 7.90. The summed E-state index contributed by atoms with van der Waals surface area (Å²) in [6.07, 6.45) is 1.78. The SMILES string of the molecule is CC1(C(=O)NS(=O)(=O)Cc2cccc(Cl)c2)CCN1C(=O)C1(c2ccc(Cl)cc2)CC1. The van der Waals surface area contributed by atoms with Gasteiger partial charge in [-0.1, -0.05) is 47.5 Å². The lowest BCUT2D eigenvalue weighted by atomic mass is 9.82. The number of rotatable bonds is 6. The summed E-state index contributed by atoms with van der Waals surface area (Å²) in [5.41, 5.74) is -0.531. The second-order valence-corrected chi connectivity index (χ2v) is 11.0. The van der Waals surface area contributed by atoms with E-state index in [0.29, 0.717) is 41.4 Å². The highest BCUT2D eigenvalue weighted by atomic mass is 35.5. The van der Waals surface area contributed by atoms with E-state index in [-0.39, 0.29) is 11.7 Å². The van der Waals surface area contributed by atoms with Crippen LogP contribution in [0, 0.1) is 0 Å². The van der Waals surface area contributed by atoms with Crippen molar-refractivity contribution >= 4 is 45.0 Å². The molecule has 1 N–H and O–H groups in total. The molecule has 1 saturated carbocycles. The Morgan fingerprint density at radius 3 is 2.26 bits per heavy atom. The smallest absolute Gasteiger partial charge is 0.259 e. The number of likely N-dealkylation sites (tertiary alicyclic amines) is 1. The molecule has 6 nitrogen and oxygen atoms in total. The van der Waals surface area contributed by atoms with Gasteiger partial charge >= 0.3 is 0 Å². The van der Waals surface area contributed by atoms with Gasteiger partial charge in [0.25, 0.3) is 5.91 Å². The molecule has 0 radical (unpaired) electrons. The van der Waals surface area contributed by atoms with Crippen molar-refractivity contribution < 1.29 is 18.0 Å². The van der Waals surface area contributed by atoms with Crippen molar-refractivity contribution in [2.75, 3.05) is 6.54 Å². The molecule has 1 aliphatic carbocycles. The Hall–Kier alpha value is -2.09. The fraction of sp³-hybridized carbons (Fsp3) is 0.364. The third-order valence-electron chi connectivity index (χ3n) is 6.20. The second kappa shape index (κ2) is 7.80. The molecular formula is C22H22Cl2N2O4S. The summed E-state index contributed by atoms with van der Waals surface area (Å²) in [6, 6.07) is 13.6. The largest absolute Gasteiger partial charge is 0.327 e. The highest BCUT2D eigenvalue weighted by Gasteiger charge is 2.60. The monoisotopic (exact) mass is 480 g/mol. The normalized spacial score (nSPS) is 21.8. The fourth-order valence-corrected chi connectivity index (χ4v) is 5.56. The van der Waals surface area contributed by atoms with Crippen molar-refractivity contribution in [2.45, 2.75) is 42.9 Å². The van der Waals surface area contributed by atoms with Gasteiger partial charge in [-0.25, -0.2) is 8.42 Å². The first-order valence-corrected chi connectivity index (χ1v) is 12.3. The molecule has 0 bridgehead atoms. The van der Waals surface area contributed by atoms with E-state index in [2.05, 4.69) is 4.72 Å². The third kappa shape index (κ3) is 4.19. The Morgan fingerprint density at radius 2 is 1.71 bits per heavy atom. The van der Waals surface area contributed by atoms with E-state index < -0.39 is 26.9 Å². The molecule has 164 valence electrons. The number of carbonyl (C=O) groups is 2. The maximum Gasteiger partial charge on any atom is 0.259 e. The first-order chi connectivity index (χ1) is 14.6. The number of benzene rings is 2. The molecule has 2 aliphatic rings. The van der Waals surface area contributed by atoms with Crippen LogP contribution >= 0.6 is 23.2 Å². The molecule has 1 heterocycles. The van der Waals surface area contributed by atoms with Crippen molar-refractivity contribution in [3.8, 4) is 0 Å². The molecule has 1 saturated heterocycles. The lowest BCUT2D eigenvalue weighted by molar-refractivity contribution is -0.158. The zero-order chi connectivity index (χ0) is 22.4. The lowest BCUT2D eigenvalue weighted by Gasteiger charge is -2.50. The first kappa shape index (κ1) is 22.1. The zero-order valence-electron chi connectivity index (χ0n) is 16.9. The Balaban J connectivity index is 1.48. The fourth-order valence-electron chi connectivity index (χ4n) is 4.03. The van der Waals surface area contributed by atoms with Crippen LogP contribution in [-0.4, -0.2) is 37.2 Å². The van der Waals surface area contributed by atoms with Gasteiger partial charge in [-0.3, -0.25) is 14.3 Å². The summed E-state index contributed by atoms with van der Waals surface area (Å²) in [5, 5.41) is 1.00. The standard InChI is InChI=1S/C22H22Cl2N2O4S/c1-21(19(27)25-31(29,30)14-15-3-2-4-18(24)13-15)11-12-26(21)20(28)22(9-10-22)16-5-7-17(23)8-6-16/h2-8,13H,9-12,14H2,1H3,(H,25,27). The van der Waals surface area contributed by atoms with Crippen LogP contribution in [0.4, 0.5) is 0 Å². The van der Waals surface area contributed by atoms with Gasteiger partial charge in [0.15, 0.2) is 0 Å². The topological polar surface area (TPSA) is 83.6 Å². The lowest BCUT2D eigenvalue weighted by Crippen LogP contribution is -2.69. The summed E-state index contributed by atoms with van der Waals surface area (Å²) >= 11 is 11.9. The van der Waals surface area contributed by atoms with Gasteiger partial charge in [0.1, 0.15) is 5.54 Å². The quantitative estimate of drug-likeness (QED) is 0.683. The van der Waals surface area contributed by atoms with Gasteiger partial charge in [0.2, 0.25) is 15.9 Å². The number of hydrogen-bond donors (Lipinski definition) is 1. The van der Waals surface area contributed by atoms with Crippen molar-refractivity contribution in [1.82, 2.24) is 9.62 Å². The Labute approximate surface area is 191 Å². The van der Waals surface area contributed by atoms with Crippen molar-refractivity contribution in [1.29, 1.82) is 0 Å². The van der Waals surface area contributed by atoms with Gasteiger partial charge in [0.05, 0.1) is 11.2 Å². The molecular weight excluding hydrogens is 459 g/mol. The molecule has 0 aromatic heterocycles. The van der Waals surface area contributed by atoms with Crippen LogP contribution in [0.1, 0.15) is 37.3 Å². The minimum Gasteiger partial charge on any atom is -0.327 e. The molecule has 2 fully saturated rings. The highest BCUT2D eigenvalue weighted by molar-refractivity contribution is 7.89. The number of sulfonamides is 1. The molecule has 0 spiro atoms. The Kier molecular flexibility index (Phi) is 5.56. The number of hydrogen-bond acceptors (Lipinski definition) is 4. The van der Waals surface area contributed by atoms with Crippen molar-refractivity contribution in [3.05, 3.63) is 69.7 Å². The van der Waals surface area contributed by atoms with Crippen LogP contribution in [0.25, 0.3) is 0 Å². The minimum absolute atomic E-state index is 0.147. The Morgan fingerprint density at radius 1 is 1.03 bits per heavy atom. The summed E-state index contributed by atoms with van der Waals surface area (Å²) < 4.78 is 27.3. The molecule has 31 heavy (non-hydrogen) atoms. The number of nitrogens with zero attached hydrogens (tertiary/aromatic N) is 1. The molecule has 1 aliphatic heterocycles. The van der Waals surface area contributed by atoms with E-state index in [4.69, 9.17) is 23.2 Å². The number of carbonyl (C=O) groups excluding carboxylic acids is 2. The number of halogens is 2. The van der Waals surface area contributed by atoms with Crippen molar-refractivity contribution in [2.24, 2.45) is 0 Å². The molecule has 1 unspecified atom stereocenters. The van der Waals surface area contributed by atoms with Gasteiger partial charge < -0.3 is 4.90 Å². The average Bonchev–Trinajstić information content (AvgIpc) is 3.48. The minimum atomic E-state index is -3.95. The van der Waals surface area contributed by atoms with E-state index in [1.165, 1.54) is 11.0 Å².